The Balaban J connectivity index is 2.06. The van der Waals surface area contributed by atoms with Gasteiger partial charge in [0.25, 0.3) is 0 Å². The average Bonchev–Trinajstić information content (AvgIpc) is 2.88. The molecule has 0 aromatic carbocycles. The lowest BCUT2D eigenvalue weighted by Gasteiger charge is -2.36. The van der Waals surface area contributed by atoms with Gasteiger partial charge >= 0.3 is 0 Å². The summed E-state index contributed by atoms with van der Waals surface area (Å²) in [6.45, 7) is 1.83. The molecular weight excluding hydrogens is 218 g/mol. The summed E-state index contributed by atoms with van der Waals surface area (Å²) in [5.74, 6) is 0.126. The van der Waals surface area contributed by atoms with Crippen molar-refractivity contribution < 1.29 is 9.53 Å². The number of carbonyl (C=O) groups excluding carboxylic acids is 1. The number of rotatable bonds is 2. The molecule has 1 aliphatic heterocycles. The second kappa shape index (κ2) is 5.03. The molecule has 1 saturated carbocycles. The highest BCUT2D eigenvalue weighted by Crippen LogP contribution is 2.39. The van der Waals surface area contributed by atoms with E-state index in [2.05, 4.69) is 6.07 Å². The summed E-state index contributed by atoms with van der Waals surface area (Å²) in [5.41, 5.74) is 5.44. The first-order valence-corrected chi connectivity index (χ1v) is 6.22. The topological polar surface area (TPSA) is 79.4 Å². The van der Waals surface area contributed by atoms with Gasteiger partial charge in [0.2, 0.25) is 5.91 Å². The van der Waals surface area contributed by atoms with E-state index in [1.807, 2.05) is 0 Å². The van der Waals surface area contributed by atoms with Crippen LogP contribution in [0.25, 0.3) is 0 Å². The van der Waals surface area contributed by atoms with Crippen LogP contribution in [0.1, 0.15) is 25.7 Å². The maximum absolute atomic E-state index is 12.5. The van der Waals surface area contributed by atoms with E-state index in [1.54, 1.807) is 4.90 Å². The highest BCUT2D eigenvalue weighted by molar-refractivity contribution is 5.83. The van der Waals surface area contributed by atoms with Crippen LogP contribution in [0.15, 0.2) is 0 Å². The van der Waals surface area contributed by atoms with Crippen molar-refractivity contribution in [3.05, 3.63) is 0 Å². The number of amides is 1. The maximum atomic E-state index is 12.5. The molecule has 94 valence electrons. The third-order valence-corrected chi connectivity index (χ3v) is 3.90. The highest BCUT2D eigenvalue weighted by Gasteiger charge is 2.43. The van der Waals surface area contributed by atoms with Gasteiger partial charge in [0, 0.05) is 13.1 Å². The van der Waals surface area contributed by atoms with Crippen molar-refractivity contribution >= 4 is 5.91 Å². The van der Waals surface area contributed by atoms with E-state index >= 15 is 0 Å². The number of hydrogen-bond acceptors (Lipinski definition) is 4. The van der Waals surface area contributed by atoms with Crippen molar-refractivity contribution in [2.75, 3.05) is 26.2 Å². The van der Waals surface area contributed by atoms with E-state index < -0.39 is 6.10 Å². The van der Waals surface area contributed by atoms with Crippen LogP contribution in [0.2, 0.25) is 0 Å². The van der Waals surface area contributed by atoms with Crippen molar-refractivity contribution in [3.63, 3.8) is 0 Å². The van der Waals surface area contributed by atoms with Gasteiger partial charge in [-0.15, -0.1) is 0 Å². The zero-order chi connectivity index (χ0) is 12.3. The van der Waals surface area contributed by atoms with Crippen molar-refractivity contribution in [1.29, 1.82) is 5.26 Å². The van der Waals surface area contributed by atoms with E-state index in [0.717, 1.165) is 25.7 Å². The minimum absolute atomic E-state index is 0.126. The van der Waals surface area contributed by atoms with Gasteiger partial charge in [-0.2, -0.15) is 5.26 Å². The zero-order valence-electron chi connectivity index (χ0n) is 10.0. The van der Waals surface area contributed by atoms with E-state index in [-0.39, 0.29) is 11.3 Å². The molecule has 1 amide bonds. The summed E-state index contributed by atoms with van der Waals surface area (Å²) in [6, 6.07) is 2.06. The van der Waals surface area contributed by atoms with Crippen LogP contribution in [0, 0.1) is 16.7 Å². The molecule has 2 aliphatic rings. The van der Waals surface area contributed by atoms with E-state index in [9.17, 15) is 4.79 Å². The summed E-state index contributed by atoms with van der Waals surface area (Å²) < 4.78 is 5.25. The molecule has 2 N–H and O–H groups in total. The highest BCUT2D eigenvalue weighted by atomic mass is 16.5. The molecule has 2 fully saturated rings. The normalized spacial score (nSPS) is 27.8. The number of morpholine rings is 1. The molecule has 0 bridgehead atoms. The molecule has 2 rings (SSSR count). The zero-order valence-corrected chi connectivity index (χ0v) is 10.0. The molecule has 5 heteroatoms. The Bertz CT molecular complexity index is 331. The molecule has 0 aromatic heterocycles. The summed E-state index contributed by atoms with van der Waals surface area (Å²) in [4.78, 5) is 14.3. The number of hydrogen-bond donors (Lipinski definition) is 1. The van der Waals surface area contributed by atoms with Gasteiger partial charge in [-0.05, 0) is 12.8 Å². The van der Waals surface area contributed by atoms with Crippen LogP contribution in [-0.4, -0.2) is 43.2 Å². The lowest BCUT2D eigenvalue weighted by molar-refractivity contribution is -0.147. The van der Waals surface area contributed by atoms with Gasteiger partial charge in [-0.25, -0.2) is 0 Å². The molecule has 0 radical (unpaired) electrons. The fraction of sp³-hybridized carbons (Fsp3) is 0.833. The molecular formula is C12H19N3O2. The quantitative estimate of drug-likeness (QED) is 0.747. The average molecular weight is 237 g/mol. The van der Waals surface area contributed by atoms with Crippen molar-refractivity contribution in [1.82, 2.24) is 4.90 Å². The van der Waals surface area contributed by atoms with Gasteiger partial charge in [0.15, 0.2) is 6.10 Å². The SMILES string of the molecule is N#CC1CN(C(=O)C2(CN)CCCC2)CCO1. The molecule has 17 heavy (non-hydrogen) atoms. The molecule has 1 aliphatic carbocycles. The summed E-state index contributed by atoms with van der Waals surface area (Å²) in [5, 5.41) is 8.84. The first kappa shape index (κ1) is 12.3. The van der Waals surface area contributed by atoms with Crippen molar-refractivity contribution in [3.8, 4) is 6.07 Å². The second-order valence-corrected chi connectivity index (χ2v) is 4.93. The maximum Gasteiger partial charge on any atom is 0.230 e. The molecule has 1 atom stereocenters. The predicted octanol–water partition coefficient (Wildman–Crippen LogP) is 0.256. The van der Waals surface area contributed by atoms with Gasteiger partial charge in [-0.1, -0.05) is 12.8 Å². The second-order valence-electron chi connectivity index (χ2n) is 4.93. The van der Waals surface area contributed by atoms with Gasteiger partial charge in [-0.3, -0.25) is 4.79 Å². The third-order valence-electron chi connectivity index (χ3n) is 3.90. The lowest BCUT2D eigenvalue weighted by atomic mass is 9.84. The Labute approximate surface area is 102 Å². The van der Waals surface area contributed by atoms with E-state index in [4.69, 9.17) is 15.7 Å². The van der Waals surface area contributed by atoms with Crippen LogP contribution < -0.4 is 5.73 Å². The number of nitrogens with two attached hydrogens (primary N) is 1. The smallest absolute Gasteiger partial charge is 0.230 e. The van der Waals surface area contributed by atoms with Gasteiger partial charge < -0.3 is 15.4 Å². The number of nitriles is 1. The predicted molar refractivity (Wildman–Crippen MR) is 61.9 cm³/mol. The Morgan fingerprint density at radius 3 is 2.82 bits per heavy atom. The van der Waals surface area contributed by atoms with Crippen LogP contribution in [0.4, 0.5) is 0 Å². The Kier molecular flexibility index (Phi) is 3.65. The van der Waals surface area contributed by atoms with Crippen LogP contribution in [0.5, 0.6) is 0 Å². The molecule has 1 unspecified atom stereocenters. The number of nitrogens with zero attached hydrogens (tertiary/aromatic N) is 2. The fourth-order valence-electron chi connectivity index (χ4n) is 2.80. The third kappa shape index (κ3) is 2.28. The van der Waals surface area contributed by atoms with E-state index in [0.29, 0.717) is 26.2 Å². The summed E-state index contributed by atoms with van der Waals surface area (Å²) in [7, 11) is 0. The number of carbonyl (C=O) groups is 1. The fourth-order valence-corrected chi connectivity index (χ4v) is 2.80. The molecule has 0 aromatic rings. The molecule has 1 saturated heterocycles. The number of ether oxygens (including phenoxy) is 1. The van der Waals surface area contributed by atoms with Crippen molar-refractivity contribution in [2.45, 2.75) is 31.8 Å². The van der Waals surface area contributed by atoms with E-state index in [1.165, 1.54) is 0 Å². The molecule has 5 nitrogen and oxygen atoms in total. The Morgan fingerprint density at radius 2 is 2.24 bits per heavy atom. The first-order chi connectivity index (χ1) is 8.22. The Morgan fingerprint density at radius 1 is 1.53 bits per heavy atom. The van der Waals surface area contributed by atoms with Crippen LogP contribution in [-0.2, 0) is 9.53 Å². The van der Waals surface area contributed by atoms with Gasteiger partial charge in [0.1, 0.15) is 0 Å². The minimum Gasteiger partial charge on any atom is -0.360 e. The lowest BCUT2D eigenvalue weighted by Crippen LogP contribution is -2.52. The van der Waals surface area contributed by atoms with Crippen LogP contribution >= 0.6 is 0 Å². The summed E-state index contributed by atoms with van der Waals surface area (Å²) >= 11 is 0. The molecule has 0 spiro atoms. The largest absolute Gasteiger partial charge is 0.360 e. The first-order valence-electron chi connectivity index (χ1n) is 6.22. The summed E-state index contributed by atoms with van der Waals surface area (Å²) in [6.07, 6.45) is 3.45. The monoisotopic (exact) mass is 237 g/mol. The standard InChI is InChI=1S/C12H19N3O2/c13-7-10-8-15(5-6-17-10)11(16)12(9-14)3-1-2-4-12/h10H,1-6,8-9,14H2. The van der Waals surface area contributed by atoms with Crippen LogP contribution in [0.3, 0.4) is 0 Å². The van der Waals surface area contributed by atoms with Crippen molar-refractivity contribution in [2.24, 2.45) is 11.1 Å². The molecule has 1 heterocycles. The van der Waals surface area contributed by atoms with Gasteiger partial charge in [0.05, 0.1) is 24.6 Å². The Hall–Kier alpha value is -1.12. The minimum atomic E-state index is -0.482.